The van der Waals surface area contributed by atoms with Crippen LogP contribution in [0.3, 0.4) is 0 Å². The van der Waals surface area contributed by atoms with Crippen molar-refractivity contribution in [2.45, 2.75) is 79.6 Å². The number of alkyl halides is 3. The number of thioether (sulfide) groups is 1. The van der Waals surface area contributed by atoms with Gasteiger partial charge in [-0.15, -0.1) is 11.8 Å². The molecule has 1 saturated heterocycles. The van der Waals surface area contributed by atoms with Crippen molar-refractivity contribution in [3.05, 3.63) is 29.6 Å². The van der Waals surface area contributed by atoms with E-state index in [9.17, 15) is 27.2 Å². The number of carbonyl (C=O) groups excluding carboxylic acids is 2. The van der Waals surface area contributed by atoms with Gasteiger partial charge in [0.1, 0.15) is 18.2 Å². The molecule has 3 aliphatic rings. The number of amides is 2. The molecule has 0 spiro atoms. The Morgan fingerprint density at radius 1 is 0.971 bits per heavy atom. The van der Waals surface area contributed by atoms with E-state index < -0.39 is 36.3 Å². The van der Waals surface area contributed by atoms with Crippen LogP contribution in [0.5, 0.6) is 0 Å². The third kappa shape index (κ3) is 6.70. The summed E-state index contributed by atoms with van der Waals surface area (Å²) in [5.74, 6) is -0.791. The van der Waals surface area contributed by atoms with Gasteiger partial charge in [-0.3, -0.25) is 9.59 Å². The van der Waals surface area contributed by atoms with Crippen molar-refractivity contribution in [1.82, 2.24) is 10.2 Å². The predicted molar refractivity (Wildman–Crippen MR) is 125 cm³/mol. The second-order valence-electron chi connectivity index (χ2n) is 9.63. The summed E-state index contributed by atoms with van der Waals surface area (Å²) in [5.41, 5.74) is 0.221. The van der Waals surface area contributed by atoms with Crippen LogP contribution in [-0.4, -0.2) is 72.8 Å². The molecule has 3 fully saturated rings. The quantitative estimate of drug-likeness (QED) is 0.458. The van der Waals surface area contributed by atoms with Gasteiger partial charge in [-0.2, -0.15) is 0 Å². The number of rotatable bonds is 5. The summed E-state index contributed by atoms with van der Waals surface area (Å²) in [6.07, 6.45) is -3.29. The number of hydrogen-bond acceptors (Lipinski definition) is 4. The Balaban J connectivity index is 1.31. The van der Waals surface area contributed by atoms with Crippen LogP contribution >= 0.6 is 11.8 Å². The van der Waals surface area contributed by atoms with E-state index in [1.165, 1.54) is 30.0 Å². The minimum Gasteiger partial charge on any atom is -0.378 e. The van der Waals surface area contributed by atoms with Gasteiger partial charge in [0.25, 0.3) is 5.91 Å². The van der Waals surface area contributed by atoms with Gasteiger partial charge in [0.15, 0.2) is 6.17 Å². The van der Waals surface area contributed by atoms with E-state index in [-0.39, 0.29) is 41.9 Å². The largest absolute Gasteiger partial charge is 0.378 e. The molecule has 35 heavy (non-hydrogen) atoms. The lowest BCUT2D eigenvalue weighted by Gasteiger charge is -2.33. The highest BCUT2D eigenvalue weighted by atomic mass is 32.2. The monoisotopic (exact) mass is 516 g/mol. The van der Waals surface area contributed by atoms with E-state index in [1.807, 2.05) is 4.90 Å². The lowest BCUT2D eigenvalue weighted by molar-refractivity contribution is -0.140. The molecule has 4 rings (SSSR count). The summed E-state index contributed by atoms with van der Waals surface area (Å²) in [4.78, 5) is 27.7. The number of nitrogens with zero attached hydrogens (tertiary/aromatic N) is 1. The zero-order chi connectivity index (χ0) is 24.9. The molecular formula is C25H32F4N2O3S. The van der Waals surface area contributed by atoms with E-state index in [1.54, 1.807) is 0 Å². The van der Waals surface area contributed by atoms with Crippen molar-refractivity contribution in [2.75, 3.05) is 26.3 Å². The Bertz CT molecular complexity index is 893. The van der Waals surface area contributed by atoms with Gasteiger partial charge >= 0.3 is 0 Å². The van der Waals surface area contributed by atoms with Crippen molar-refractivity contribution in [1.29, 1.82) is 0 Å². The lowest BCUT2D eigenvalue weighted by atomic mass is 9.88. The highest BCUT2D eigenvalue weighted by Gasteiger charge is 2.36. The topological polar surface area (TPSA) is 58.6 Å². The fourth-order valence-corrected chi connectivity index (χ4v) is 6.29. The summed E-state index contributed by atoms with van der Waals surface area (Å²) in [7, 11) is 0. The molecule has 2 amide bonds. The number of carbonyl (C=O) groups is 2. The molecular weight excluding hydrogens is 484 g/mol. The maximum absolute atomic E-state index is 14.5. The first-order valence-electron chi connectivity index (χ1n) is 12.4. The first kappa shape index (κ1) is 26.3. The third-order valence-corrected chi connectivity index (χ3v) is 8.53. The molecule has 5 nitrogen and oxygen atoms in total. The average molecular weight is 517 g/mol. The third-order valence-electron chi connectivity index (χ3n) is 7.16. The predicted octanol–water partition coefficient (Wildman–Crippen LogP) is 4.63. The van der Waals surface area contributed by atoms with Crippen LogP contribution in [0, 0.1) is 11.7 Å². The highest BCUT2D eigenvalue weighted by Crippen LogP contribution is 2.38. The molecule has 2 saturated carbocycles. The molecule has 0 aromatic heterocycles. The summed E-state index contributed by atoms with van der Waals surface area (Å²) < 4.78 is 61.0. The van der Waals surface area contributed by atoms with Crippen molar-refractivity contribution in [3.8, 4) is 0 Å². The minimum atomic E-state index is -2.18. The van der Waals surface area contributed by atoms with Gasteiger partial charge in [-0.1, -0.05) is 0 Å². The van der Waals surface area contributed by atoms with Crippen LogP contribution in [-0.2, 0) is 9.53 Å². The van der Waals surface area contributed by atoms with Crippen molar-refractivity contribution in [2.24, 2.45) is 5.92 Å². The molecule has 1 aliphatic heterocycles. The summed E-state index contributed by atoms with van der Waals surface area (Å²) in [5, 5.41) is 2.78. The highest BCUT2D eigenvalue weighted by molar-refractivity contribution is 8.00. The summed E-state index contributed by atoms with van der Waals surface area (Å²) in [6, 6.07) is 3.37. The molecule has 3 unspecified atom stereocenters. The fourth-order valence-electron chi connectivity index (χ4n) is 5.05. The number of benzene rings is 1. The smallest absolute Gasteiger partial charge is 0.251 e. The van der Waals surface area contributed by atoms with Crippen LogP contribution in [0.15, 0.2) is 23.1 Å². The Morgan fingerprint density at radius 3 is 2.40 bits per heavy atom. The van der Waals surface area contributed by atoms with Crippen LogP contribution < -0.4 is 5.32 Å². The number of nitrogens with one attached hydrogen (secondary N) is 1. The van der Waals surface area contributed by atoms with Crippen molar-refractivity contribution >= 4 is 23.6 Å². The second-order valence-corrected chi connectivity index (χ2v) is 11.0. The standard InChI is InChI=1S/C25H32F4N2O3S/c26-19-7-3-16(24(32)30-17-4-8-20(27)23(29)21(28)14-17)13-22(19)35-18-5-1-15(2-6-18)25(33)31-9-11-34-12-10-31/h3,7,13,15,17-18,20-21,23H,1-2,4-6,8-12,14H2,(H,30,32)/t15?,17?,18?,20?,21?,23-/m0/s1. The van der Waals surface area contributed by atoms with Gasteiger partial charge in [-0.25, -0.2) is 17.6 Å². The second kappa shape index (κ2) is 12.0. The van der Waals surface area contributed by atoms with Crippen LogP contribution in [0.1, 0.15) is 55.3 Å². The van der Waals surface area contributed by atoms with Crippen LogP contribution in [0.2, 0.25) is 0 Å². The molecule has 10 heteroatoms. The molecule has 1 heterocycles. The first-order chi connectivity index (χ1) is 16.8. The Hall–Kier alpha value is -1.81. The number of hydrogen-bond donors (Lipinski definition) is 1. The zero-order valence-electron chi connectivity index (χ0n) is 19.6. The maximum Gasteiger partial charge on any atom is 0.251 e. The van der Waals surface area contributed by atoms with E-state index >= 15 is 0 Å². The van der Waals surface area contributed by atoms with E-state index in [4.69, 9.17) is 4.74 Å². The first-order valence-corrected chi connectivity index (χ1v) is 13.3. The van der Waals surface area contributed by atoms with E-state index in [0.717, 1.165) is 25.7 Å². The molecule has 1 aromatic carbocycles. The van der Waals surface area contributed by atoms with E-state index in [2.05, 4.69) is 5.32 Å². The normalized spacial score (nSPS) is 32.1. The molecule has 2 aliphatic carbocycles. The maximum atomic E-state index is 14.5. The van der Waals surface area contributed by atoms with Crippen LogP contribution in [0.4, 0.5) is 17.6 Å². The average Bonchev–Trinajstić information content (AvgIpc) is 2.99. The van der Waals surface area contributed by atoms with E-state index in [0.29, 0.717) is 31.2 Å². The van der Waals surface area contributed by atoms with Gasteiger partial charge in [0, 0.05) is 47.2 Å². The van der Waals surface area contributed by atoms with Gasteiger partial charge in [0.2, 0.25) is 5.91 Å². The molecule has 1 N–H and O–H groups in total. The lowest BCUT2D eigenvalue weighted by Crippen LogP contribution is -2.44. The number of ether oxygens (including phenoxy) is 1. The molecule has 0 radical (unpaired) electrons. The Kier molecular flexibility index (Phi) is 8.97. The summed E-state index contributed by atoms with van der Waals surface area (Å²) in [6.45, 7) is 2.40. The van der Waals surface area contributed by atoms with Gasteiger partial charge in [0.05, 0.1) is 13.2 Å². The molecule has 0 bridgehead atoms. The number of morpholine rings is 1. The molecule has 4 atom stereocenters. The SMILES string of the molecule is O=C(NC1CCC(F)[C@H](F)C(F)C1)c1ccc(F)c(SC2CCC(C(=O)N3CCOCC3)CC2)c1. The summed E-state index contributed by atoms with van der Waals surface area (Å²) >= 11 is 1.36. The van der Waals surface area contributed by atoms with Gasteiger partial charge < -0.3 is 15.0 Å². The minimum absolute atomic E-state index is 0.0151. The zero-order valence-corrected chi connectivity index (χ0v) is 20.4. The van der Waals surface area contributed by atoms with Crippen molar-refractivity contribution < 1.29 is 31.9 Å². The number of halogens is 4. The van der Waals surface area contributed by atoms with Crippen molar-refractivity contribution in [3.63, 3.8) is 0 Å². The Morgan fingerprint density at radius 2 is 1.69 bits per heavy atom. The van der Waals surface area contributed by atoms with Gasteiger partial charge in [-0.05, 0) is 56.7 Å². The molecule has 194 valence electrons. The Labute approximate surface area is 207 Å². The van der Waals surface area contributed by atoms with Crippen LogP contribution in [0.25, 0.3) is 0 Å². The fraction of sp³-hybridized carbons (Fsp3) is 0.680. The molecule has 1 aromatic rings.